The van der Waals surface area contributed by atoms with Crippen LogP contribution in [0.1, 0.15) is 52.3 Å². The quantitative estimate of drug-likeness (QED) is 0.394. The van der Waals surface area contributed by atoms with Gasteiger partial charge in [0, 0.05) is 32.7 Å². The number of hydrogen-bond donors (Lipinski definition) is 1. The molecule has 3 rings (SSSR count). The molecule has 3 nitrogen and oxygen atoms in total. The molecule has 0 spiro atoms. The topological polar surface area (TPSA) is 61.0 Å². The number of halogens is 6. The van der Waals surface area contributed by atoms with Crippen LogP contribution in [0.5, 0.6) is 0 Å². The first kappa shape index (κ1) is 27.6. The fourth-order valence-corrected chi connectivity index (χ4v) is 3.45. The maximum Gasteiger partial charge on any atom is 0.416 e. The molecular weight excluding hydrogens is 503 g/mol. The maximum absolute atomic E-state index is 13.0. The molecule has 0 heterocycles. The fraction of sp³-hybridized carbons (Fsp3) is 0.333. The molecular formula is C21H20F6O3Y. The second-order valence-corrected chi connectivity index (χ2v) is 6.88. The van der Waals surface area contributed by atoms with Gasteiger partial charge in [-0.25, -0.2) is 0 Å². The SMILES string of the molecule is O.O/C=C/c1ccc2c(c1)CCCC2OCc1cc(C(F)(F)F)cc(C(F)(F)F)c1.[Y]. The number of aryl methyl sites for hydroxylation is 1. The van der Waals surface area contributed by atoms with Crippen molar-refractivity contribution >= 4 is 6.08 Å². The van der Waals surface area contributed by atoms with E-state index in [0.29, 0.717) is 18.6 Å². The monoisotopic (exact) mass is 523 g/mol. The van der Waals surface area contributed by atoms with E-state index < -0.39 is 29.6 Å². The van der Waals surface area contributed by atoms with Crippen molar-refractivity contribution in [2.75, 3.05) is 0 Å². The summed E-state index contributed by atoms with van der Waals surface area (Å²) in [7, 11) is 0. The van der Waals surface area contributed by atoms with Crippen molar-refractivity contribution in [2.24, 2.45) is 0 Å². The Kier molecular flexibility index (Phi) is 9.75. The molecule has 0 saturated carbocycles. The first-order valence-corrected chi connectivity index (χ1v) is 8.91. The van der Waals surface area contributed by atoms with Crippen LogP contribution < -0.4 is 0 Å². The van der Waals surface area contributed by atoms with E-state index in [1.54, 1.807) is 6.07 Å². The summed E-state index contributed by atoms with van der Waals surface area (Å²) in [5, 5.41) is 8.88. The first-order valence-electron chi connectivity index (χ1n) is 8.91. The minimum absolute atomic E-state index is 0. The second-order valence-electron chi connectivity index (χ2n) is 6.88. The predicted molar refractivity (Wildman–Crippen MR) is 98.6 cm³/mol. The maximum atomic E-state index is 13.0. The third kappa shape index (κ3) is 7.04. The number of ether oxygens (including phenoxy) is 1. The van der Waals surface area contributed by atoms with Crippen LogP contribution in [0, 0.1) is 0 Å². The van der Waals surface area contributed by atoms with E-state index in [1.165, 1.54) is 6.08 Å². The molecule has 2 aromatic carbocycles. The Hall–Kier alpha value is -1.42. The van der Waals surface area contributed by atoms with Gasteiger partial charge in [-0.2, -0.15) is 26.3 Å². The van der Waals surface area contributed by atoms with Crippen LogP contribution in [0.15, 0.2) is 42.7 Å². The molecule has 1 aliphatic rings. The zero-order valence-corrected chi connectivity index (χ0v) is 19.1. The molecule has 2 aromatic rings. The van der Waals surface area contributed by atoms with Gasteiger partial charge >= 0.3 is 12.4 Å². The van der Waals surface area contributed by atoms with Crippen molar-refractivity contribution in [1.82, 2.24) is 0 Å². The summed E-state index contributed by atoms with van der Waals surface area (Å²) in [6.07, 6.45) is -5.57. The van der Waals surface area contributed by atoms with E-state index in [0.717, 1.165) is 35.8 Å². The number of fused-ring (bicyclic) bond motifs is 1. The number of aliphatic hydroxyl groups is 1. The van der Waals surface area contributed by atoms with Gasteiger partial charge in [-0.1, -0.05) is 18.2 Å². The minimum Gasteiger partial charge on any atom is -0.516 e. The zero-order valence-electron chi connectivity index (χ0n) is 16.2. The predicted octanol–water partition coefficient (Wildman–Crippen LogP) is 6.02. The molecule has 0 saturated heterocycles. The van der Waals surface area contributed by atoms with Crippen LogP contribution in [0.4, 0.5) is 26.3 Å². The summed E-state index contributed by atoms with van der Waals surface area (Å²) in [6.45, 7) is -0.366. The van der Waals surface area contributed by atoms with Crippen molar-refractivity contribution in [3.05, 3.63) is 76.0 Å². The number of benzene rings is 2. The molecule has 1 unspecified atom stereocenters. The molecule has 1 atom stereocenters. The number of hydrogen-bond acceptors (Lipinski definition) is 2. The van der Waals surface area contributed by atoms with E-state index in [4.69, 9.17) is 9.84 Å². The van der Waals surface area contributed by atoms with Gasteiger partial charge in [0.1, 0.15) is 0 Å². The normalized spacial score (nSPS) is 16.4. The Balaban J connectivity index is 0.00000240. The second kappa shape index (κ2) is 10.9. The van der Waals surface area contributed by atoms with Gasteiger partial charge in [0.05, 0.1) is 30.1 Å². The zero-order chi connectivity index (χ0) is 21.2. The van der Waals surface area contributed by atoms with Gasteiger partial charge in [0.15, 0.2) is 0 Å². The first-order chi connectivity index (χ1) is 13.6. The summed E-state index contributed by atoms with van der Waals surface area (Å²) in [4.78, 5) is 0. The number of aliphatic hydroxyl groups excluding tert-OH is 1. The Morgan fingerprint density at radius 2 is 1.58 bits per heavy atom. The van der Waals surface area contributed by atoms with Crippen molar-refractivity contribution in [3.63, 3.8) is 0 Å². The summed E-state index contributed by atoms with van der Waals surface area (Å²) in [5.74, 6) is 0. The molecule has 1 aliphatic carbocycles. The number of rotatable bonds is 4. The van der Waals surface area contributed by atoms with Gasteiger partial charge in [-0.3, -0.25) is 0 Å². The molecule has 167 valence electrons. The summed E-state index contributed by atoms with van der Waals surface area (Å²) >= 11 is 0. The Morgan fingerprint density at radius 3 is 2.13 bits per heavy atom. The van der Waals surface area contributed by atoms with Crippen LogP contribution in [0.3, 0.4) is 0 Å². The smallest absolute Gasteiger partial charge is 0.416 e. The van der Waals surface area contributed by atoms with Crippen LogP contribution >= 0.6 is 0 Å². The standard InChI is InChI=1S/C21H18F6O2.H2O.Y/c22-20(23,24)16-9-14(10-17(11-16)21(25,26)27)12-29-19-3-1-2-15-8-13(6-7-28)4-5-18(15)19;;/h4-11,19,28H,1-3,12H2;1H2;/b7-6+;;. The van der Waals surface area contributed by atoms with Gasteiger partial charge < -0.3 is 15.3 Å². The van der Waals surface area contributed by atoms with Crippen LogP contribution in [-0.2, 0) is 62.8 Å². The third-order valence-electron chi connectivity index (χ3n) is 4.79. The van der Waals surface area contributed by atoms with Gasteiger partial charge in [-0.05, 0) is 65.8 Å². The van der Waals surface area contributed by atoms with Crippen LogP contribution in [-0.4, -0.2) is 10.6 Å². The van der Waals surface area contributed by atoms with E-state index >= 15 is 0 Å². The van der Waals surface area contributed by atoms with E-state index in [-0.39, 0.29) is 56.4 Å². The van der Waals surface area contributed by atoms with E-state index in [2.05, 4.69) is 0 Å². The average Bonchev–Trinajstić information content (AvgIpc) is 2.64. The Bertz CT molecular complexity index is 877. The molecule has 0 bridgehead atoms. The molecule has 10 heteroatoms. The van der Waals surface area contributed by atoms with Crippen LogP contribution in [0.25, 0.3) is 6.08 Å². The van der Waals surface area contributed by atoms with Crippen molar-refractivity contribution in [3.8, 4) is 0 Å². The molecule has 3 N–H and O–H groups in total. The third-order valence-corrected chi connectivity index (χ3v) is 4.79. The Labute approximate surface area is 200 Å². The fourth-order valence-electron chi connectivity index (χ4n) is 3.45. The molecule has 0 aromatic heterocycles. The Morgan fingerprint density at radius 1 is 0.968 bits per heavy atom. The van der Waals surface area contributed by atoms with E-state index in [9.17, 15) is 26.3 Å². The summed E-state index contributed by atoms with van der Waals surface area (Å²) < 4.78 is 83.7. The summed E-state index contributed by atoms with van der Waals surface area (Å²) in [6, 6.07) is 6.93. The number of alkyl halides is 6. The van der Waals surface area contributed by atoms with Crippen molar-refractivity contribution < 1.29 is 74.4 Å². The van der Waals surface area contributed by atoms with Crippen molar-refractivity contribution in [1.29, 1.82) is 0 Å². The molecule has 0 fully saturated rings. The van der Waals surface area contributed by atoms with Gasteiger partial charge in [0.2, 0.25) is 0 Å². The molecule has 0 aliphatic heterocycles. The summed E-state index contributed by atoms with van der Waals surface area (Å²) in [5.41, 5.74) is -0.254. The molecule has 0 amide bonds. The van der Waals surface area contributed by atoms with E-state index in [1.807, 2.05) is 12.1 Å². The largest absolute Gasteiger partial charge is 0.516 e. The van der Waals surface area contributed by atoms with Gasteiger partial charge in [0.25, 0.3) is 0 Å². The molecule has 31 heavy (non-hydrogen) atoms. The molecule has 1 radical (unpaired) electrons. The van der Waals surface area contributed by atoms with Crippen LogP contribution in [0.2, 0.25) is 0 Å². The average molecular weight is 523 g/mol. The van der Waals surface area contributed by atoms with Crippen molar-refractivity contribution in [2.45, 2.75) is 44.3 Å². The minimum atomic E-state index is -4.88. The van der Waals surface area contributed by atoms with Gasteiger partial charge in [-0.15, -0.1) is 0 Å².